The summed E-state index contributed by atoms with van der Waals surface area (Å²) in [6, 6.07) is 10.5. The van der Waals surface area contributed by atoms with E-state index in [0.717, 1.165) is 36.0 Å². The number of benzene rings is 2. The fourth-order valence-corrected chi connectivity index (χ4v) is 3.59. The van der Waals surface area contributed by atoms with Gasteiger partial charge in [0.05, 0.1) is 20.3 Å². The molecule has 2 aliphatic heterocycles. The average molecular weight is 327 g/mol. The van der Waals surface area contributed by atoms with E-state index in [9.17, 15) is 0 Å². The lowest BCUT2D eigenvalue weighted by atomic mass is 9.88. The van der Waals surface area contributed by atoms with Gasteiger partial charge in [0.2, 0.25) is 6.79 Å². The van der Waals surface area contributed by atoms with E-state index in [0.29, 0.717) is 6.79 Å². The van der Waals surface area contributed by atoms with Gasteiger partial charge in [-0.05, 0) is 54.4 Å². The van der Waals surface area contributed by atoms with Crippen molar-refractivity contribution >= 4 is 0 Å². The minimum absolute atomic E-state index is 0.156. The standard InChI is InChI=1S/C19H21NO4/c1-20-7-6-12-8-16(21-2)17(22-3)10-14(12)19(20)13-4-5-15-18(9-13)24-11-23-15/h4-5,8-10,19H,6-7,11H2,1-3H3/t19-/m1/s1. The molecule has 0 spiro atoms. The summed E-state index contributed by atoms with van der Waals surface area (Å²) in [5, 5.41) is 0. The minimum Gasteiger partial charge on any atom is -0.493 e. The number of ether oxygens (including phenoxy) is 4. The molecule has 1 atom stereocenters. The lowest BCUT2D eigenvalue weighted by Gasteiger charge is -2.35. The highest BCUT2D eigenvalue weighted by Crippen LogP contribution is 2.42. The molecule has 0 bridgehead atoms. The predicted octanol–water partition coefficient (Wildman–Crippen LogP) is 3.01. The van der Waals surface area contributed by atoms with E-state index < -0.39 is 0 Å². The van der Waals surface area contributed by atoms with Crippen LogP contribution in [0.1, 0.15) is 22.7 Å². The Balaban J connectivity index is 1.82. The number of methoxy groups -OCH3 is 2. The van der Waals surface area contributed by atoms with Crippen LogP contribution in [0.3, 0.4) is 0 Å². The minimum atomic E-state index is 0.156. The Labute approximate surface area is 141 Å². The zero-order valence-corrected chi connectivity index (χ0v) is 14.2. The Morgan fingerprint density at radius 2 is 1.75 bits per heavy atom. The number of fused-ring (bicyclic) bond motifs is 2. The largest absolute Gasteiger partial charge is 0.493 e. The predicted molar refractivity (Wildman–Crippen MR) is 90.3 cm³/mol. The van der Waals surface area contributed by atoms with Crippen LogP contribution in [0, 0.1) is 0 Å². The van der Waals surface area contributed by atoms with E-state index in [1.54, 1.807) is 14.2 Å². The molecule has 2 aliphatic rings. The van der Waals surface area contributed by atoms with E-state index in [-0.39, 0.29) is 6.04 Å². The van der Waals surface area contributed by atoms with Gasteiger partial charge in [-0.25, -0.2) is 0 Å². The van der Waals surface area contributed by atoms with Crippen molar-refractivity contribution in [1.82, 2.24) is 4.90 Å². The zero-order chi connectivity index (χ0) is 16.7. The molecule has 0 aliphatic carbocycles. The summed E-state index contributed by atoms with van der Waals surface area (Å²) in [7, 11) is 5.50. The number of nitrogens with zero attached hydrogens (tertiary/aromatic N) is 1. The lowest BCUT2D eigenvalue weighted by molar-refractivity contribution is 0.174. The van der Waals surface area contributed by atoms with Crippen molar-refractivity contribution in [3.05, 3.63) is 47.0 Å². The van der Waals surface area contributed by atoms with Crippen LogP contribution in [0.15, 0.2) is 30.3 Å². The van der Waals surface area contributed by atoms with Crippen molar-refractivity contribution in [2.45, 2.75) is 12.5 Å². The average Bonchev–Trinajstić information content (AvgIpc) is 3.08. The molecule has 2 aromatic carbocycles. The van der Waals surface area contributed by atoms with Gasteiger partial charge in [-0.15, -0.1) is 0 Å². The van der Waals surface area contributed by atoms with Gasteiger partial charge >= 0.3 is 0 Å². The van der Waals surface area contributed by atoms with Crippen molar-refractivity contribution in [2.75, 3.05) is 34.6 Å². The van der Waals surface area contributed by atoms with E-state index in [1.807, 2.05) is 6.07 Å². The highest BCUT2D eigenvalue weighted by atomic mass is 16.7. The number of rotatable bonds is 3. The fourth-order valence-electron chi connectivity index (χ4n) is 3.59. The highest BCUT2D eigenvalue weighted by Gasteiger charge is 2.29. The maximum Gasteiger partial charge on any atom is 0.231 e. The molecule has 5 nitrogen and oxygen atoms in total. The smallest absolute Gasteiger partial charge is 0.231 e. The Kier molecular flexibility index (Phi) is 3.73. The second-order valence-corrected chi connectivity index (χ2v) is 6.15. The third kappa shape index (κ3) is 2.36. The van der Waals surface area contributed by atoms with Crippen LogP contribution in [0.2, 0.25) is 0 Å². The number of hydrogen-bond acceptors (Lipinski definition) is 5. The Bertz CT molecular complexity index is 774. The molecule has 2 heterocycles. The van der Waals surface area contributed by atoms with Crippen LogP contribution in [-0.2, 0) is 6.42 Å². The molecule has 0 saturated heterocycles. The number of hydrogen-bond donors (Lipinski definition) is 0. The SMILES string of the molecule is COc1cc2c(cc1OC)[C@@H](c1ccc3c(c1)OCO3)N(C)CC2. The second kappa shape index (κ2) is 5.91. The normalized spacial score (nSPS) is 19.0. The molecule has 0 radical (unpaired) electrons. The van der Waals surface area contributed by atoms with Crippen molar-refractivity contribution in [1.29, 1.82) is 0 Å². The fraction of sp³-hybridized carbons (Fsp3) is 0.368. The van der Waals surface area contributed by atoms with Gasteiger partial charge in [-0.2, -0.15) is 0 Å². The lowest BCUT2D eigenvalue weighted by Crippen LogP contribution is -2.32. The second-order valence-electron chi connectivity index (χ2n) is 6.15. The Hall–Kier alpha value is -2.40. The first-order valence-electron chi connectivity index (χ1n) is 8.06. The molecule has 0 N–H and O–H groups in total. The molecule has 2 aromatic rings. The summed E-state index contributed by atoms with van der Waals surface area (Å²) in [6.07, 6.45) is 0.993. The van der Waals surface area contributed by atoms with Crippen LogP contribution in [-0.4, -0.2) is 39.5 Å². The summed E-state index contributed by atoms with van der Waals surface area (Å²) >= 11 is 0. The molecule has 5 heteroatoms. The van der Waals surface area contributed by atoms with Gasteiger partial charge in [-0.1, -0.05) is 6.07 Å². The van der Waals surface area contributed by atoms with Crippen molar-refractivity contribution in [2.24, 2.45) is 0 Å². The van der Waals surface area contributed by atoms with Crippen LogP contribution in [0.4, 0.5) is 0 Å². The van der Waals surface area contributed by atoms with Gasteiger partial charge in [0, 0.05) is 6.54 Å². The third-order valence-electron chi connectivity index (χ3n) is 4.83. The molecular formula is C19H21NO4. The first-order chi connectivity index (χ1) is 11.7. The van der Waals surface area contributed by atoms with Crippen molar-refractivity contribution in [3.8, 4) is 23.0 Å². The molecule has 0 amide bonds. The molecule has 0 saturated carbocycles. The zero-order valence-electron chi connectivity index (χ0n) is 14.2. The van der Waals surface area contributed by atoms with Crippen molar-refractivity contribution < 1.29 is 18.9 Å². The monoisotopic (exact) mass is 327 g/mol. The molecule has 4 rings (SSSR count). The van der Waals surface area contributed by atoms with Crippen molar-refractivity contribution in [3.63, 3.8) is 0 Å². The van der Waals surface area contributed by atoms with Crippen LogP contribution < -0.4 is 18.9 Å². The van der Waals surface area contributed by atoms with Gasteiger partial charge in [0.1, 0.15) is 0 Å². The van der Waals surface area contributed by atoms with E-state index in [2.05, 4.69) is 36.2 Å². The van der Waals surface area contributed by atoms with Crippen LogP contribution >= 0.6 is 0 Å². The Morgan fingerprint density at radius 1 is 1.00 bits per heavy atom. The summed E-state index contributed by atoms with van der Waals surface area (Å²) in [6.45, 7) is 1.28. The van der Waals surface area contributed by atoms with E-state index in [1.165, 1.54) is 16.7 Å². The van der Waals surface area contributed by atoms with E-state index in [4.69, 9.17) is 18.9 Å². The van der Waals surface area contributed by atoms with Gasteiger partial charge in [-0.3, -0.25) is 4.90 Å². The maximum atomic E-state index is 5.55. The topological polar surface area (TPSA) is 40.2 Å². The summed E-state index contributed by atoms with van der Waals surface area (Å²) < 4.78 is 21.9. The van der Waals surface area contributed by atoms with E-state index >= 15 is 0 Å². The molecule has 0 fully saturated rings. The van der Waals surface area contributed by atoms with Gasteiger partial charge in [0.15, 0.2) is 23.0 Å². The first-order valence-corrected chi connectivity index (χ1v) is 8.06. The summed E-state index contributed by atoms with van der Waals surface area (Å²) in [5.41, 5.74) is 3.74. The van der Waals surface area contributed by atoms with Gasteiger partial charge in [0.25, 0.3) is 0 Å². The van der Waals surface area contributed by atoms with Gasteiger partial charge < -0.3 is 18.9 Å². The molecule has 126 valence electrons. The molecule has 24 heavy (non-hydrogen) atoms. The molecule has 0 aromatic heterocycles. The summed E-state index contributed by atoms with van der Waals surface area (Å²) in [4.78, 5) is 2.35. The molecule has 0 unspecified atom stereocenters. The number of likely N-dealkylation sites (N-methyl/N-ethyl adjacent to an activating group) is 1. The quantitative estimate of drug-likeness (QED) is 0.867. The first kappa shape index (κ1) is 15.1. The third-order valence-corrected chi connectivity index (χ3v) is 4.83. The summed E-state index contributed by atoms with van der Waals surface area (Å²) in [5.74, 6) is 3.17. The highest BCUT2D eigenvalue weighted by molar-refractivity contribution is 5.53. The van der Waals surface area contributed by atoms with Crippen LogP contribution in [0.25, 0.3) is 0 Å². The maximum absolute atomic E-state index is 5.55. The Morgan fingerprint density at radius 3 is 2.54 bits per heavy atom. The molecular weight excluding hydrogens is 306 g/mol. The van der Waals surface area contributed by atoms with Crippen LogP contribution in [0.5, 0.6) is 23.0 Å².